The number of carbonyl (C=O) groups is 1. The van der Waals surface area contributed by atoms with E-state index in [1.54, 1.807) is 6.08 Å². The molecule has 0 bridgehead atoms. The van der Waals surface area contributed by atoms with E-state index in [0.29, 0.717) is 0 Å². The minimum atomic E-state index is 0.725. The molecule has 0 N–H and O–H groups in total. The minimum Gasteiger partial charge on any atom is -0.298 e. The summed E-state index contributed by atoms with van der Waals surface area (Å²) in [6, 6.07) is 0. The molecule has 0 atom stereocenters. The Kier molecular flexibility index (Phi) is 5.98. The maximum Gasteiger partial charge on any atom is 0.149 e. The van der Waals surface area contributed by atoms with Crippen molar-refractivity contribution >= 4 is 6.29 Å². The van der Waals surface area contributed by atoms with Crippen molar-refractivity contribution in [1.82, 2.24) is 0 Å². The Bertz CT molecular complexity index is 219. The smallest absolute Gasteiger partial charge is 0.149 e. The number of rotatable bonds is 4. The predicted molar refractivity (Wildman–Crippen MR) is 53.0 cm³/mol. The topological polar surface area (TPSA) is 17.1 Å². The lowest BCUT2D eigenvalue weighted by Gasteiger charge is -1.93. The van der Waals surface area contributed by atoms with Crippen LogP contribution in [0.3, 0.4) is 0 Å². The molecule has 0 heterocycles. The lowest BCUT2D eigenvalue weighted by atomic mass is 10.1. The molecular formula is C11H16O. The first-order chi connectivity index (χ1) is 5.78. The van der Waals surface area contributed by atoms with Crippen LogP contribution in [0.4, 0.5) is 0 Å². The molecule has 0 saturated carbocycles. The van der Waals surface area contributed by atoms with Gasteiger partial charge in [-0.2, -0.15) is 0 Å². The van der Waals surface area contributed by atoms with Gasteiger partial charge in [-0.25, -0.2) is 0 Å². The Balaban J connectivity index is 4.31. The third-order valence-electron chi connectivity index (χ3n) is 1.74. The summed E-state index contributed by atoms with van der Waals surface area (Å²) in [6.07, 6.45) is 9.53. The van der Waals surface area contributed by atoms with Gasteiger partial charge in [0.05, 0.1) is 0 Å². The zero-order chi connectivity index (χ0) is 9.40. The van der Waals surface area contributed by atoms with Crippen LogP contribution in [0.25, 0.3) is 0 Å². The number of allylic oxidation sites excluding steroid dienone is 6. The predicted octanol–water partition coefficient (Wildman–Crippen LogP) is 3.04. The summed E-state index contributed by atoms with van der Waals surface area (Å²) in [6.45, 7) is 5.95. The molecule has 0 amide bonds. The molecule has 0 saturated heterocycles. The van der Waals surface area contributed by atoms with Gasteiger partial charge in [0.25, 0.3) is 0 Å². The van der Waals surface area contributed by atoms with Crippen molar-refractivity contribution in [2.24, 2.45) is 0 Å². The molecule has 0 aromatic heterocycles. The van der Waals surface area contributed by atoms with E-state index in [4.69, 9.17) is 0 Å². The van der Waals surface area contributed by atoms with Crippen molar-refractivity contribution in [3.63, 3.8) is 0 Å². The van der Waals surface area contributed by atoms with Gasteiger partial charge in [0.1, 0.15) is 6.29 Å². The van der Waals surface area contributed by atoms with Gasteiger partial charge in [0.2, 0.25) is 0 Å². The summed E-state index contributed by atoms with van der Waals surface area (Å²) in [4.78, 5) is 10.4. The van der Waals surface area contributed by atoms with Crippen LogP contribution in [0.5, 0.6) is 0 Å². The lowest BCUT2D eigenvalue weighted by molar-refractivity contribution is -0.104. The molecule has 0 radical (unpaired) electrons. The fourth-order valence-corrected chi connectivity index (χ4v) is 0.825. The summed E-state index contributed by atoms with van der Waals surface area (Å²) in [5.41, 5.74) is 1.97. The van der Waals surface area contributed by atoms with E-state index in [1.807, 2.05) is 26.0 Å². The van der Waals surface area contributed by atoms with E-state index in [1.165, 1.54) is 5.57 Å². The van der Waals surface area contributed by atoms with Crippen molar-refractivity contribution in [2.75, 3.05) is 0 Å². The van der Waals surface area contributed by atoms with Crippen LogP contribution in [0.15, 0.2) is 35.5 Å². The van der Waals surface area contributed by atoms with Crippen LogP contribution in [-0.4, -0.2) is 6.29 Å². The molecule has 0 aromatic rings. The quantitative estimate of drug-likeness (QED) is 0.354. The zero-order valence-corrected chi connectivity index (χ0v) is 8.00. The van der Waals surface area contributed by atoms with E-state index in [2.05, 4.69) is 13.0 Å². The summed E-state index contributed by atoms with van der Waals surface area (Å²) < 4.78 is 0. The summed E-state index contributed by atoms with van der Waals surface area (Å²) in [7, 11) is 0. The van der Waals surface area contributed by atoms with Crippen LogP contribution in [0.2, 0.25) is 0 Å². The molecule has 0 spiro atoms. The summed E-state index contributed by atoms with van der Waals surface area (Å²) >= 11 is 0. The molecule has 0 aliphatic carbocycles. The van der Waals surface area contributed by atoms with Gasteiger partial charge in [-0.1, -0.05) is 36.8 Å². The fraction of sp³-hybridized carbons (Fsp3) is 0.364. The zero-order valence-electron chi connectivity index (χ0n) is 8.00. The van der Waals surface area contributed by atoms with E-state index in [9.17, 15) is 4.79 Å². The SMILES string of the molecule is CC=C(C=O)/C=C\C(=C/C)CC. The summed E-state index contributed by atoms with van der Waals surface area (Å²) in [5, 5.41) is 0. The molecule has 0 rings (SSSR count). The highest BCUT2D eigenvalue weighted by atomic mass is 16.1. The number of hydrogen-bond acceptors (Lipinski definition) is 1. The molecule has 0 fully saturated rings. The molecule has 0 aliphatic heterocycles. The van der Waals surface area contributed by atoms with Crippen molar-refractivity contribution < 1.29 is 4.79 Å². The Morgan fingerprint density at radius 3 is 2.17 bits per heavy atom. The van der Waals surface area contributed by atoms with Crippen LogP contribution in [-0.2, 0) is 4.79 Å². The third-order valence-corrected chi connectivity index (χ3v) is 1.74. The lowest BCUT2D eigenvalue weighted by Crippen LogP contribution is -1.78. The first kappa shape index (κ1) is 10.9. The van der Waals surface area contributed by atoms with Gasteiger partial charge in [0.15, 0.2) is 0 Å². The van der Waals surface area contributed by atoms with Crippen molar-refractivity contribution in [3.05, 3.63) is 35.5 Å². The maximum absolute atomic E-state index is 10.4. The molecule has 1 nitrogen and oxygen atoms in total. The number of aldehydes is 1. The second kappa shape index (κ2) is 6.59. The van der Waals surface area contributed by atoms with Crippen molar-refractivity contribution in [1.29, 1.82) is 0 Å². The van der Waals surface area contributed by atoms with Crippen molar-refractivity contribution in [2.45, 2.75) is 27.2 Å². The average Bonchev–Trinajstić information content (AvgIpc) is 2.13. The van der Waals surface area contributed by atoms with Crippen LogP contribution in [0.1, 0.15) is 27.2 Å². The van der Waals surface area contributed by atoms with Gasteiger partial charge in [0, 0.05) is 5.57 Å². The first-order valence-electron chi connectivity index (χ1n) is 4.23. The fourth-order valence-electron chi connectivity index (χ4n) is 0.825. The van der Waals surface area contributed by atoms with E-state index < -0.39 is 0 Å². The van der Waals surface area contributed by atoms with E-state index in [0.717, 1.165) is 18.3 Å². The van der Waals surface area contributed by atoms with Gasteiger partial charge in [-0.15, -0.1) is 0 Å². The molecule has 66 valence electrons. The third kappa shape index (κ3) is 3.91. The Morgan fingerprint density at radius 2 is 1.83 bits per heavy atom. The summed E-state index contributed by atoms with van der Waals surface area (Å²) in [5.74, 6) is 0. The minimum absolute atomic E-state index is 0.725. The number of hydrogen-bond donors (Lipinski definition) is 0. The molecule has 0 unspecified atom stereocenters. The standard InChI is InChI=1S/C11H16O/c1-4-10(5-2)7-8-11(6-3)9-12/h4,6-9H,5H2,1-3H3/b8-7-,10-4-,11-6?. The highest BCUT2D eigenvalue weighted by Gasteiger charge is 1.87. The average molecular weight is 164 g/mol. The van der Waals surface area contributed by atoms with Gasteiger partial charge < -0.3 is 0 Å². The molecule has 0 aliphatic rings. The maximum atomic E-state index is 10.4. The molecule has 0 aromatic carbocycles. The second-order valence-corrected chi connectivity index (χ2v) is 2.46. The highest BCUT2D eigenvalue weighted by Crippen LogP contribution is 2.03. The molecule has 12 heavy (non-hydrogen) atoms. The van der Waals surface area contributed by atoms with Crippen molar-refractivity contribution in [3.8, 4) is 0 Å². The van der Waals surface area contributed by atoms with Gasteiger partial charge in [-0.05, 0) is 20.3 Å². The highest BCUT2D eigenvalue weighted by molar-refractivity contribution is 5.77. The van der Waals surface area contributed by atoms with Gasteiger partial charge >= 0.3 is 0 Å². The first-order valence-corrected chi connectivity index (χ1v) is 4.23. The van der Waals surface area contributed by atoms with E-state index in [-0.39, 0.29) is 0 Å². The van der Waals surface area contributed by atoms with E-state index >= 15 is 0 Å². The Hall–Kier alpha value is -1.11. The molecule has 1 heteroatoms. The van der Waals surface area contributed by atoms with Gasteiger partial charge in [-0.3, -0.25) is 4.79 Å². The monoisotopic (exact) mass is 164 g/mol. The Labute approximate surface area is 74.5 Å². The van der Waals surface area contributed by atoms with Crippen LogP contribution < -0.4 is 0 Å². The second-order valence-electron chi connectivity index (χ2n) is 2.46. The number of carbonyl (C=O) groups excluding carboxylic acids is 1. The largest absolute Gasteiger partial charge is 0.298 e. The van der Waals surface area contributed by atoms with Crippen LogP contribution >= 0.6 is 0 Å². The van der Waals surface area contributed by atoms with Crippen LogP contribution in [0, 0.1) is 0 Å². The Morgan fingerprint density at radius 1 is 1.17 bits per heavy atom. The molecular weight excluding hydrogens is 148 g/mol. The normalized spacial score (nSPS) is 13.9.